The van der Waals surface area contributed by atoms with Gasteiger partial charge in [-0.25, -0.2) is 14.0 Å². The molecule has 1 amide bonds. The van der Waals surface area contributed by atoms with Gasteiger partial charge < -0.3 is 14.6 Å². The van der Waals surface area contributed by atoms with Gasteiger partial charge in [-0.3, -0.25) is 5.32 Å². The van der Waals surface area contributed by atoms with Crippen molar-refractivity contribution in [3.63, 3.8) is 0 Å². The number of amides is 1. The minimum atomic E-state index is -0.952. The molecule has 1 saturated carbocycles. The van der Waals surface area contributed by atoms with Crippen molar-refractivity contribution in [3.05, 3.63) is 53.8 Å². The first-order valence-corrected chi connectivity index (χ1v) is 10.5. The van der Waals surface area contributed by atoms with Crippen molar-refractivity contribution >= 4 is 17.7 Å². The third-order valence-electron chi connectivity index (χ3n) is 5.63. The second-order valence-corrected chi connectivity index (χ2v) is 8.06. The van der Waals surface area contributed by atoms with Crippen LogP contribution in [0, 0.1) is 24.6 Å². The van der Waals surface area contributed by atoms with Gasteiger partial charge in [0.05, 0.1) is 13.2 Å². The summed E-state index contributed by atoms with van der Waals surface area (Å²) in [5.74, 6) is -0.526. The zero-order valence-corrected chi connectivity index (χ0v) is 17.6. The number of carbonyl (C=O) groups is 2. The Morgan fingerprint density at radius 2 is 1.61 bits per heavy atom. The Labute approximate surface area is 181 Å². The molecule has 2 N–H and O–H groups in total. The molecule has 0 heterocycles. The van der Waals surface area contributed by atoms with E-state index in [0.717, 1.165) is 36.8 Å². The highest BCUT2D eigenvalue weighted by molar-refractivity contribution is 5.85. The Morgan fingerprint density at radius 1 is 1.00 bits per heavy atom. The molecule has 6 nitrogen and oxygen atoms in total. The van der Waals surface area contributed by atoms with Crippen LogP contribution in [0.1, 0.15) is 31.2 Å². The Kier molecular flexibility index (Phi) is 8.00. The fourth-order valence-corrected chi connectivity index (χ4v) is 3.74. The van der Waals surface area contributed by atoms with Gasteiger partial charge in [-0.2, -0.15) is 0 Å². The van der Waals surface area contributed by atoms with Crippen molar-refractivity contribution in [1.82, 2.24) is 0 Å². The first-order chi connectivity index (χ1) is 14.9. The average Bonchev–Trinajstić information content (AvgIpc) is 2.75. The van der Waals surface area contributed by atoms with Gasteiger partial charge in [-0.05, 0) is 79.3 Å². The van der Waals surface area contributed by atoms with E-state index in [1.54, 1.807) is 25.1 Å². The molecular weight excluding hydrogens is 401 g/mol. The first kappa shape index (κ1) is 22.7. The highest BCUT2D eigenvalue weighted by atomic mass is 19.1. The monoisotopic (exact) mass is 429 g/mol. The first-order valence-electron chi connectivity index (χ1n) is 10.5. The SMILES string of the molecule is Cc1ccc(-c2ccc(NC(=O)OCC3CCC(COCC(=O)O)CC3)cc2)cc1F. The second-order valence-electron chi connectivity index (χ2n) is 8.06. The summed E-state index contributed by atoms with van der Waals surface area (Å²) < 4.78 is 24.3. The van der Waals surface area contributed by atoms with E-state index in [4.69, 9.17) is 14.6 Å². The van der Waals surface area contributed by atoms with Crippen LogP contribution in [-0.4, -0.2) is 37.0 Å². The maximum Gasteiger partial charge on any atom is 0.411 e. The number of halogens is 1. The fourth-order valence-electron chi connectivity index (χ4n) is 3.74. The van der Waals surface area contributed by atoms with Crippen LogP contribution in [0.25, 0.3) is 11.1 Å². The molecule has 1 aliphatic rings. The minimum absolute atomic E-state index is 0.245. The number of ether oxygens (including phenoxy) is 2. The van der Waals surface area contributed by atoms with E-state index in [2.05, 4.69) is 5.32 Å². The largest absolute Gasteiger partial charge is 0.480 e. The van der Waals surface area contributed by atoms with Crippen molar-refractivity contribution in [2.45, 2.75) is 32.6 Å². The molecule has 1 aliphatic carbocycles. The molecule has 2 aromatic carbocycles. The number of carbonyl (C=O) groups excluding carboxylic acids is 1. The van der Waals surface area contributed by atoms with Crippen LogP contribution in [0.4, 0.5) is 14.9 Å². The molecule has 0 atom stereocenters. The Balaban J connectivity index is 1.39. The molecule has 2 aromatic rings. The highest BCUT2D eigenvalue weighted by Gasteiger charge is 2.22. The third-order valence-corrected chi connectivity index (χ3v) is 5.63. The van der Waals surface area contributed by atoms with E-state index < -0.39 is 12.1 Å². The molecular formula is C24H28FNO5. The molecule has 0 aliphatic heterocycles. The maximum absolute atomic E-state index is 13.8. The Bertz CT molecular complexity index is 891. The van der Waals surface area contributed by atoms with Crippen LogP contribution in [0.15, 0.2) is 42.5 Å². The van der Waals surface area contributed by atoms with Crippen molar-refractivity contribution < 1.29 is 28.6 Å². The Hall–Kier alpha value is -2.93. The van der Waals surface area contributed by atoms with Gasteiger partial charge in [-0.15, -0.1) is 0 Å². The smallest absolute Gasteiger partial charge is 0.411 e. The number of aryl methyl sites for hydroxylation is 1. The number of benzene rings is 2. The van der Waals surface area contributed by atoms with Gasteiger partial charge in [0.1, 0.15) is 12.4 Å². The molecule has 7 heteroatoms. The van der Waals surface area contributed by atoms with Crippen molar-refractivity contribution in [1.29, 1.82) is 0 Å². The van der Waals surface area contributed by atoms with Crippen LogP contribution >= 0.6 is 0 Å². The fraction of sp³-hybridized carbons (Fsp3) is 0.417. The lowest BCUT2D eigenvalue weighted by atomic mass is 9.83. The molecule has 0 bridgehead atoms. The van der Waals surface area contributed by atoms with E-state index in [9.17, 15) is 14.0 Å². The molecule has 0 unspecified atom stereocenters. The lowest BCUT2D eigenvalue weighted by Gasteiger charge is -2.27. The van der Waals surface area contributed by atoms with Crippen LogP contribution in [-0.2, 0) is 14.3 Å². The zero-order chi connectivity index (χ0) is 22.2. The van der Waals surface area contributed by atoms with Gasteiger partial charge in [0, 0.05) is 5.69 Å². The van der Waals surface area contributed by atoms with E-state index in [1.807, 2.05) is 18.2 Å². The van der Waals surface area contributed by atoms with Crippen LogP contribution < -0.4 is 5.32 Å². The zero-order valence-electron chi connectivity index (χ0n) is 17.6. The normalized spacial score (nSPS) is 18.4. The average molecular weight is 429 g/mol. The van der Waals surface area contributed by atoms with Crippen molar-refractivity contribution in [2.75, 3.05) is 25.1 Å². The number of carboxylic acid groups (broad SMARTS) is 1. The summed E-state index contributed by atoms with van der Waals surface area (Å²) in [5.41, 5.74) is 2.86. The second kappa shape index (κ2) is 10.9. The molecule has 3 rings (SSSR count). The minimum Gasteiger partial charge on any atom is -0.480 e. The van der Waals surface area contributed by atoms with E-state index in [0.29, 0.717) is 36.3 Å². The van der Waals surface area contributed by atoms with Crippen LogP contribution in [0.5, 0.6) is 0 Å². The summed E-state index contributed by atoms with van der Waals surface area (Å²) in [6.07, 6.45) is 3.24. The van der Waals surface area contributed by atoms with Gasteiger partial charge in [0.15, 0.2) is 0 Å². The van der Waals surface area contributed by atoms with E-state index >= 15 is 0 Å². The molecule has 0 spiro atoms. The Morgan fingerprint density at radius 3 is 2.23 bits per heavy atom. The predicted molar refractivity (Wildman–Crippen MR) is 115 cm³/mol. The van der Waals surface area contributed by atoms with E-state index in [-0.39, 0.29) is 12.4 Å². The number of hydrogen-bond acceptors (Lipinski definition) is 4. The maximum atomic E-state index is 13.8. The summed E-state index contributed by atoms with van der Waals surface area (Å²) >= 11 is 0. The number of aliphatic carboxylic acids is 1. The summed E-state index contributed by atoms with van der Waals surface area (Å²) in [5, 5.41) is 11.3. The summed E-state index contributed by atoms with van der Waals surface area (Å²) in [7, 11) is 0. The van der Waals surface area contributed by atoms with Gasteiger partial charge in [0.25, 0.3) is 0 Å². The molecule has 31 heavy (non-hydrogen) atoms. The molecule has 0 saturated heterocycles. The topological polar surface area (TPSA) is 84.9 Å². The molecule has 166 valence electrons. The highest BCUT2D eigenvalue weighted by Crippen LogP contribution is 2.29. The number of rotatable bonds is 8. The third kappa shape index (κ3) is 7.07. The summed E-state index contributed by atoms with van der Waals surface area (Å²) in [4.78, 5) is 22.6. The summed E-state index contributed by atoms with van der Waals surface area (Å²) in [6, 6.07) is 12.3. The van der Waals surface area contributed by atoms with Gasteiger partial charge >= 0.3 is 12.1 Å². The molecule has 1 fully saturated rings. The number of hydrogen-bond donors (Lipinski definition) is 2. The molecule has 0 aromatic heterocycles. The number of anilines is 1. The summed E-state index contributed by atoms with van der Waals surface area (Å²) in [6.45, 7) is 2.28. The van der Waals surface area contributed by atoms with Crippen molar-refractivity contribution in [3.8, 4) is 11.1 Å². The van der Waals surface area contributed by atoms with Gasteiger partial charge in [0.2, 0.25) is 0 Å². The van der Waals surface area contributed by atoms with Crippen LogP contribution in [0.3, 0.4) is 0 Å². The standard InChI is InChI=1S/C24H28FNO5/c1-16-2-7-20(12-22(16)25)19-8-10-21(11-9-19)26-24(29)31-14-18-5-3-17(4-6-18)13-30-15-23(27)28/h2,7-12,17-18H,3-6,13-15H2,1H3,(H,26,29)(H,27,28). The van der Waals surface area contributed by atoms with E-state index in [1.165, 1.54) is 6.07 Å². The lowest BCUT2D eigenvalue weighted by molar-refractivity contribution is -0.142. The molecule has 0 radical (unpaired) electrons. The van der Waals surface area contributed by atoms with Crippen molar-refractivity contribution in [2.24, 2.45) is 11.8 Å². The van der Waals surface area contributed by atoms with Gasteiger partial charge in [-0.1, -0.05) is 24.3 Å². The lowest BCUT2D eigenvalue weighted by Crippen LogP contribution is -2.25. The van der Waals surface area contributed by atoms with Crippen LogP contribution in [0.2, 0.25) is 0 Å². The number of carboxylic acids is 1. The number of nitrogens with one attached hydrogen (secondary N) is 1. The quantitative estimate of drug-likeness (QED) is 0.598. The predicted octanol–water partition coefficient (Wildman–Crippen LogP) is 5.26.